The Hall–Kier alpha value is -1.71. The third kappa shape index (κ3) is 4.96. The number of aryl methyl sites for hydroxylation is 1. The van der Waals surface area contributed by atoms with Crippen molar-refractivity contribution in [3.63, 3.8) is 0 Å². The SMILES string of the molecule is COC(=O)c1cc(NC(C)(C)CC(C)(C)C)cc(C)c1N. The molecular weight excluding hydrogens is 264 g/mol. The molecule has 0 unspecified atom stereocenters. The number of esters is 1. The van der Waals surface area contributed by atoms with Gasteiger partial charge in [-0.2, -0.15) is 0 Å². The van der Waals surface area contributed by atoms with Gasteiger partial charge in [0.2, 0.25) is 0 Å². The Morgan fingerprint density at radius 2 is 1.81 bits per heavy atom. The fourth-order valence-electron chi connectivity index (χ4n) is 2.91. The van der Waals surface area contributed by atoms with Crippen molar-refractivity contribution in [3.05, 3.63) is 23.3 Å². The topological polar surface area (TPSA) is 64.3 Å². The van der Waals surface area contributed by atoms with Crippen molar-refractivity contribution in [1.82, 2.24) is 0 Å². The van der Waals surface area contributed by atoms with E-state index >= 15 is 0 Å². The van der Waals surface area contributed by atoms with Crippen LogP contribution in [-0.4, -0.2) is 18.6 Å². The van der Waals surface area contributed by atoms with Gasteiger partial charge in [0.1, 0.15) is 0 Å². The standard InChI is InChI=1S/C17H28N2O2/c1-11-8-12(9-13(14(11)18)15(20)21-7)19-17(5,6)10-16(2,3)4/h8-9,19H,10,18H2,1-7H3. The summed E-state index contributed by atoms with van der Waals surface area (Å²) in [7, 11) is 1.36. The first-order valence-electron chi connectivity index (χ1n) is 7.22. The molecule has 0 radical (unpaired) electrons. The Kier molecular flexibility index (Phi) is 4.92. The first-order chi connectivity index (χ1) is 9.45. The molecule has 1 rings (SSSR count). The van der Waals surface area contributed by atoms with E-state index in [2.05, 4.69) is 39.9 Å². The predicted molar refractivity (Wildman–Crippen MR) is 88.7 cm³/mol. The maximum atomic E-state index is 11.8. The minimum Gasteiger partial charge on any atom is -0.465 e. The van der Waals surface area contributed by atoms with Gasteiger partial charge in [0.05, 0.1) is 12.7 Å². The van der Waals surface area contributed by atoms with Gasteiger partial charge in [-0.05, 0) is 50.3 Å². The lowest BCUT2D eigenvalue weighted by Crippen LogP contribution is -2.35. The van der Waals surface area contributed by atoms with Gasteiger partial charge in [0.25, 0.3) is 0 Å². The lowest BCUT2D eigenvalue weighted by Gasteiger charge is -2.34. The van der Waals surface area contributed by atoms with Crippen LogP contribution in [0.5, 0.6) is 0 Å². The second kappa shape index (κ2) is 5.96. The molecule has 0 saturated heterocycles. The molecule has 0 spiro atoms. The molecule has 0 bridgehead atoms. The van der Waals surface area contributed by atoms with Crippen LogP contribution in [0.3, 0.4) is 0 Å². The van der Waals surface area contributed by atoms with Crippen LogP contribution in [0.2, 0.25) is 0 Å². The number of rotatable bonds is 4. The molecule has 3 N–H and O–H groups in total. The first kappa shape index (κ1) is 17.3. The van der Waals surface area contributed by atoms with E-state index in [0.717, 1.165) is 17.7 Å². The second-order valence-corrected chi connectivity index (χ2v) is 7.49. The molecule has 118 valence electrons. The average molecular weight is 292 g/mol. The predicted octanol–water partition coefficient (Wildman–Crippen LogP) is 3.99. The van der Waals surface area contributed by atoms with Crippen molar-refractivity contribution in [2.24, 2.45) is 5.41 Å². The first-order valence-corrected chi connectivity index (χ1v) is 7.22. The van der Waals surface area contributed by atoms with Crippen LogP contribution >= 0.6 is 0 Å². The number of methoxy groups -OCH3 is 1. The van der Waals surface area contributed by atoms with Gasteiger partial charge in [-0.3, -0.25) is 0 Å². The number of hydrogen-bond acceptors (Lipinski definition) is 4. The second-order valence-electron chi connectivity index (χ2n) is 7.49. The van der Waals surface area contributed by atoms with E-state index in [1.165, 1.54) is 7.11 Å². The van der Waals surface area contributed by atoms with Crippen molar-refractivity contribution in [3.8, 4) is 0 Å². The highest BCUT2D eigenvalue weighted by atomic mass is 16.5. The van der Waals surface area contributed by atoms with Gasteiger partial charge in [-0.1, -0.05) is 20.8 Å². The molecule has 21 heavy (non-hydrogen) atoms. The largest absolute Gasteiger partial charge is 0.465 e. The third-order valence-corrected chi connectivity index (χ3v) is 3.25. The summed E-state index contributed by atoms with van der Waals surface area (Å²) < 4.78 is 4.79. The van der Waals surface area contributed by atoms with Crippen LogP contribution in [-0.2, 0) is 4.74 Å². The number of anilines is 2. The summed E-state index contributed by atoms with van der Waals surface area (Å²) in [5, 5.41) is 3.50. The van der Waals surface area contributed by atoms with Crippen LogP contribution in [0, 0.1) is 12.3 Å². The van der Waals surface area contributed by atoms with Gasteiger partial charge in [-0.15, -0.1) is 0 Å². The normalized spacial score (nSPS) is 12.1. The quantitative estimate of drug-likeness (QED) is 0.650. The van der Waals surface area contributed by atoms with Crippen molar-refractivity contribution in [2.45, 2.75) is 53.5 Å². The van der Waals surface area contributed by atoms with Crippen LogP contribution in [0.25, 0.3) is 0 Å². The zero-order valence-corrected chi connectivity index (χ0v) is 14.3. The molecule has 1 aromatic rings. The van der Waals surface area contributed by atoms with Gasteiger partial charge >= 0.3 is 5.97 Å². The number of benzene rings is 1. The number of carbonyl (C=O) groups is 1. The minimum atomic E-state index is -0.409. The molecule has 0 aliphatic carbocycles. The van der Waals surface area contributed by atoms with E-state index in [-0.39, 0.29) is 11.0 Å². The number of nitrogens with two attached hydrogens (primary N) is 1. The van der Waals surface area contributed by atoms with E-state index in [4.69, 9.17) is 10.5 Å². The monoisotopic (exact) mass is 292 g/mol. The Balaban J connectivity index is 3.10. The van der Waals surface area contributed by atoms with Crippen LogP contribution in [0.4, 0.5) is 11.4 Å². The summed E-state index contributed by atoms with van der Waals surface area (Å²) in [4.78, 5) is 11.8. The average Bonchev–Trinajstić information content (AvgIpc) is 2.28. The Morgan fingerprint density at radius 3 is 2.29 bits per heavy atom. The molecule has 0 atom stereocenters. The van der Waals surface area contributed by atoms with Gasteiger partial charge in [0.15, 0.2) is 0 Å². The number of hydrogen-bond donors (Lipinski definition) is 2. The Bertz CT molecular complexity index is 528. The van der Waals surface area contributed by atoms with Crippen molar-refractivity contribution in [1.29, 1.82) is 0 Å². The minimum absolute atomic E-state index is 0.0891. The smallest absolute Gasteiger partial charge is 0.340 e. The number of nitrogens with one attached hydrogen (secondary N) is 1. The van der Waals surface area contributed by atoms with Gasteiger partial charge in [0, 0.05) is 16.9 Å². The summed E-state index contributed by atoms with van der Waals surface area (Å²) >= 11 is 0. The summed E-state index contributed by atoms with van der Waals surface area (Å²) in [6.45, 7) is 12.8. The number of nitrogen functional groups attached to an aromatic ring is 1. The highest BCUT2D eigenvalue weighted by molar-refractivity contribution is 5.97. The van der Waals surface area contributed by atoms with E-state index < -0.39 is 5.97 Å². The lowest BCUT2D eigenvalue weighted by molar-refractivity contribution is 0.0602. The summed E-state index contributed by atoms with van der Waals surface area (Å²) in [5.41, 5.74) is 8.72. The fraction of sp³-hybridized carbons (Fsp3) is 0.588. The van der Waals surface area contributed by atoms with Crippen LogP contribution < -0.4 is 11.1 Å². The summed E-state index contributed by atoms with van der Waals surface area (Å²) in [6, 6.07) is 3.73. The Morgan fingerprint density at radius 1 is 1.24 bits per heavy atom. The zero-order valence-electron chi connectivity index (χ0n) is 14.3. The van der Waals surface area contributed by atoms with Crippen LogP contribution in [0.1, 0.15) is 57.0 Å². The van der Waals surface area contributed by atoms with Crippen molar-refractivity contribution in [2.75, 3.05) is 18.2 Å². The molecular formula is C17H28N2O2. The van der Waals surface area contributed by atoms with E-state index in [1.54, 1.807) is 6.07 Å². The maximum absolute atomic E-state index is 11.8. The highest BCUT2D eigenvalue weighted by Crippen LogP contribution is 2.31. The molecule has 4 nitrogen and oxygen atoms in total. The molecule has 0 fully saturated rings. The van der Waals surface area contributed by atoms with E-state index in [1.807, 2.05) is 13.0 Å². The van der Waals surface area contributed by atoms with E-state index in [9.17, 15) is 4.79 Å². The van der Waals surface area contributed by atoms with Crippen molar-refractivity contribution >= 4 is 17.3 Å². The van der Waals surface area contributed by atoms with Crippen LogP contribution in [0.15, 0.2) is 12.1 Å². The van der Waals surface area contributed by atoms with Gasteiger partial charge < -0.3 is 15.8 Å². The number of ether oxygens (including phenoxy) is 1. The molecule has 0 aliphatic heterocycles. The Labute approximate surface area is 128 Å². The molecule has 0 aromatic heterocycles. The molecule has 1 aromatic carbocycles. The highest BCUT2D eigenvalue weighted by Gasteiger charge is 2.26. The summed E-state index contributed by atoms with van der Waals surface area (Å²) in [6.07, 6.45) is 0.997. The molecule has 0 heterocycles. The molecule has 0 aliphatic rings. The molecule has 0 saturated carbocycles. The van der Waals surface area contributed by atoms with E-state index in [0.29, 0.717) is 11.3 Å². The molecule has 4 heteroatoms. The maximum Gasteiger partial charge on any atom is 0.340 e. The lowest BCUT2D eigenvalue weighted by atomic mass is 9.81. The van der Waals surface area contributed by atoms with Crippen molar-refractivity contribution < 1.29 is 9.53 Å². The number of carbonyl (C=O) groups excluding carboxylic acids is 1. The summed E-state index contributed by atoms with van der Waals surface area (Å²) in [5.74, 6) is -0.409. The zero-order chi connectivity index (χ0) is 16.4. The van der Waals surface area contributed by atoms with Gasteiger partial charge in [-0.25, -0.2) is 4.79 Å². The third-order valence-electron chi connectivity index (χ3n) is 3.25. The molecule has 0 amide bonds. The fourth-order valence-corrected chi connectivity index (χ4v) is 2.91.